The van der Waals surface area contributed by atoms with Gasteiger partial charge in [-0.3, -0.25) is 0 Å². The van der Waals surface area contributed by atoms with E-state index in [9.17, 15) is 0 Å². The van der Waals surface area contributed by atoms with Crippen molar-refractivity contribution < 1.29 is 4.42 Å². The number of para-hydroxylation sites is 1. The Hall–Kier alpha value is -7.04. The number of aliphatic imine (C=N–C) groups is 2. The highest BCUT2D eigenvalue weighted by molar-refractivity contribution is 6.24. The number of benzene rings is 8. The minimum Gasteiger partial charge on any atom is -0.456 e. The average molecular weight is 680 g/mol. The first kappa shape index (κ1) is 30.8. The van der Waals surface area contributed by atoms with Crippen LogP contribution >= 0.6 is 0 Å². The molecular formula is C49H33N3O. The molecule has 1 aromatic heterocycles. The predicted octanol–water partition coefficient (Wildman–Crippen LogP) is 12.2. The van der Waals surface area contributed by atoms with Gasteiger partial charge < -0.3 is 9.73 Å². The van der Waals surface area contributed by atoms with Crippen LogP contribution in [0.15, 0.2) is 202 Å². The molecule has 1 aliphatic rings. The van der Waals surface area contributed by atoms with Gasteiger partial charge in [0.25, 0.3) is 0 Å². The Labute approximate surface area is 307 Å². The van der Waals surface area contributed by atoms with Crippen molar-refractivity contribution in [3.8, 4) is 33.4 Å². The van der Waals surface area contributed by atoms with Gasteiger partial charge in [0, 0.05) is 21.9 Å². The lowest BCUT2D eigenvalue weighted by Gasteiger charge is -2.23. The van der Waals surface area contributed by atoms with E-state index < -0.39 is 6.17 Å². The van der Waals surface area contributed by atoms with Crippen molar-refractivity contribution in [1.29, 1.82) is 0 Å². The lowest BCUT2D eigenvalue weighted by molar-refractivity contribution is 0.669. The second-order valence-electron chi connectivity index (χ2n) is 13.4. The first-order chi connectivity index (χ1) is 26.2. The predicted molar refractivity (Wildman–Crippen MR) is 219 cm³/mol. The molecule has 4 heteroatoms. The highest BCUT2D eigenvalue weighted by atomic mass is 16.3. The summed E-state index contributed by atoms with van der Waals surface area (Å²) < 4.78 is 6.53. The lowest BCUT2D eigenvalue weighted by Crippen LogP contribution is -2.36. The molecule has 0 saturated heterocycles. The van der Waals surface area contributed by atoms with Crippen LogP contribution in [0.2, 0.25) is 0 Å². The number of nitrogens with one attached hydrogen (secondary N) is 1. The van der Waals surface area contributed by atoms with E-state index >= 15 is 0 Å². The molecule has 1 atom stereocenters. The maximum Gasteiger partial charge on any atom is 0.169 e. The molecule has 0 spiro atoms. The Morgan fingerprint density at radius 1 is 0.396 bits per heavy atom. The molecule has 0 saturated carbocycles. The third-order valence-corrected chi connectivity index (χ3v) is 10.1. The molecule has 53 heavy (non-hydrogen) atoms. The molecule has 0 amide bonds. The summed E-state index contributed by atoms with van der Waals surface area (Å²) in [7, 11) is 0. The fraction of sp³-hybridized carbons (Fsp3) is 0.0204. The van der Waals surface area contributed by atoms with Gasteiger partial charge in [0.05, 0.1) is 0 Å². The number of fused-ring (bicyclic) bond motifs is 4. The first-order valence-electron chi connectivity index (χ1n) is 17.9. The van der Waals surface area contributed by atoms with E-state index in [1.807, 2.05) is 36.4 Å². The highest BCUT2D eigenvalue weighted by Gasteiger charge is 2.24. The molecule has 0 aliphatic carbocycles. The Balaban J connectivity index is 1.10. The molecule has 10 rings (SSSR count). The van der Waals surface area contributed by atoms with Gasteiger partial charge >= 0.3 is 0 Å². The Morgan fingerprint density at radius 3 is 1.74 bits per heavy atom. The van der Waals surface area contributed by atoms with Gasteiger partial charge in [0.1, 0.15) is 22.8 Å². The second kappa shape index (κ2) is 12.9. The molecule has 8 aromatic carbocycles. The van der Waals surface area contributed by atoms with Crippen LogP contribution < -0.4 is 5.32 Å². The molecule has 1 aliphatic heterocycles. The molecule has 0 bridgehead atoms. The number of rotatable bonds is 6. The Morgan fingerprint density at radius 2 is 0.962 bits per heavy atom. The van der Waals surface area contributed by atoms with Crippen molar-refractivity contribution >= 4 is 44.4 Å². The SMILES string of the molecule is c1ccc(C2=NC(c3ccc(-c4ccc5ccccc5c4)cc3)N=C(c3cc(-c4ccc(-c5ccccc5)cc4)cc4oc5ccccc5c34)N2)cc1. The molecule has 4 nitrogen and oxygen atoms in total. The maximum atomic E-state index is 6.53. The number of hydrogen-bond acceptors (Lipinski definition) is 4. The fourth-order valence-electron chi connectivity index (χ4n) is 7.39. The zero-order valence-corrected chi connectivity index (χ0v) is 28.8. The van der Waals surface area contributed by atoms with Crippen molar-refractivity contribution in [3.05, 3.63) is 205 Å². The first-order valence-corrected chi connectivity index (χ1v) is 17.9. The maximum absolute atomic E-state index is 6.53. The van der Waals surface area contributed by atoms with Crippen LogP contribution in [0.25, 0.3) is 66.1 Å². The van der Waals surface area contributed by atoms with Crippen molar-refractivity contribution in [2.45, 2.75) is 6.17 Å². The van der Waals surface area contributed by atoms with Crippen LogP contribution in [-0.2, 0) is 0 Å². The molecule has 2 heterocycles. The quantitative estimate of drug-likeness (QED) is 0.190. The van der Waals surface area contributed by atoms with Crippen molar-refractivity contribution in [2.75, 3.05) is 0 Å². The number of hydrogen-bond donors (Lipinski definition) is 1. The third-order valence-electron chi connectivity index (χ3n) is 10.1. The molecular weight excluding hydrogens is 647 g/mol. The number of furan rings is 1. The summed E-state index contributed by atoms with van der Waals surface area (Å²) in [6.45, 7) is 0. The van der Waals surface area contributed by atoms with E-state index in [0.717, 1.165) is 67.0 Å². The normalized spacial score (nSPS) is 14.2. The van der Waals surface area contributed by atoms with Crippen molar-refractivity contribution in [1.82, 2.24) is 5.32 Å². The zero-order chi connectivity index (χ0) is 35.1. The zero-order valence-electron chi connectivity index (χ0n) is 28.8. The van der Waals surface area contributed by atoms with E-state index in [1.165, 1.54) is 27.5 Å². The summed E-state index contributed by atoms with van der Waals surface area (Å²) in [6, 6.07) is 65.8. The summed E-state index contributed by atoms with van der Waals surface area (Å²) in [5, 5.41) is 8.19. The van der Waals surface area contributed by atoms with Crippen LogP contribution in [-0.4, -0.2) is 11.7 Å². The summed E-state index contributed by atoms with van der Waals surface area (Å²) in [5.74, 6) is 1.53. The topological polar surface area (TPSA) is 49.9 Å². The van der Waals surface area contributed by atoms with E-state index in [2.05, 4.69) is 157 Å². The molecule has 1 unspecified atom stereocenters. The molecule has 9 aromatic rings. The molecule has 1 N–H and O–H groups in total. The summed E-state index contributed by atoms with van der Waals surface area (Å²) in [4.78, 5) is 10.5. The minimum absolute atomic E-state index is 0.450. The van der Waals surface area contributed by atoms with Crippen LogP contribution in [0.3, 0.4) is 0 Å². The van der Waals surface area contributed by atoms with Crippen molar-refractivity contribution in [3.63, 3.8) is 0 Å². The highest BCUT2D eigenvalue weighted by Crippen LogP contribution is 2.37. The third kappa shape index (κ3) is 5.77. The lowest BCUT2D eigenvalue weighted by atomic mass is 9.96. The molecule has 250 valence electrons. The largest absolute Gasteiger partial charge is 0.456 e. The van der Waals surface area contributed by atoms with Crippen LogP contribution in [0.4, 0.5) is 0 Å². The van der Waals surface area contributed by atoms with Crippen LogP contribution in [0.5, 0.6) is 0 Å². The van der Waals surface area contributed by atoms with Gasteiger partial charge in [0.2, 0.25) is 0 Å². The van der Waals surface area contributed by atoms with Gasteiger partial charge in [-0.1, -0.05) is 164 Å². The molecule has 0 radical (unpaired) electrons. The minimum atomic E-state index is -0.450. The van der Waals surface area contributed by atoms with Gasteiger partial charge in [0.15, 0.2) is 6.17 Å². The van der Waals surface area contributed by atoms with E-state index in [1.54, 1.807) is 0 Å². The standard InChI is InChI=1S/C49H33N3O/c1-3-11-32(12-4-1)34-19-21-36(22-20-34)41-30-43(46-42-17-9-10-18-44(42)53-45(46)31-41)49-51-47(37-14-5-2-6-15-37)50-48(52-49)38-26-23-35(24-27-38)40-28-25-33-13-7-8-16-39(33)29-40/h1-31,48H,(H,50,51,52). The number of nitrogens with zero attached hydrogens (tertiary/aromatic N) is 2. The van der Waals surface area contributed by atoms with Gasteiger partial charge in [-0.05, 0) is 74.0 Å². The summed E-state index contributed by atoms with van der Waals surface area (Å²) in [6.07, 6.45) is -0.450. The van der Waals surface area contributed by atoms with Crippen molar-refractivity contribution in [2.24, 2.45) is 9.98 Å². The van der Waals surface area contributed by atoms with Gasteiger partial charge in [-0.2, -0.15) is 0 Å². The van der Waals surface area contributed by atoms with Crippen LogP contribution in [0.1, 0.15) is 22.9 Å². The van der Waals surface area contributed by atoms with E-state index in [4.69, 9.17) is 14.4 Å². The second-order valence-corrected chi connectivity index (χ2v) is 13.4. The average Bonchev–Trinajstić information content (AvgIpc) is 3.62. The molecule has 0 fully saturated rings. The van der Waals surface area contributed by atoms with E-state index in [-0.39, 0.29) is 0 Å². The Kier molecular flexibility index (Phi) is 7.51. The monoisotopic (exact) mass is 679 g/mol. The fourth-order valence-corrected chi connectivity index (χ4v) is 7.39. The Bertz CT molecular complexity index is 2830. The summed E-state index contributed by atoms with van der Waals surface area (Å²) in [5.41, 5.74) is 11.5. The number of amidine groups is 2. The van der Waals surface area contributed by atoms with Gasteiger partial charge in [-0.25, -0.2) is 9.98 Å². The van der Waals surface area contributed by atoms with E-state index in [0.29, 0.717) is 0 Å². The smallest absolute Gasteiger partial charge is 0.169 e. The summed E-state index contributed by atoms with van der Waals surface area (Å²) >= 11 is 0. The van der Waals surface area contributed by atoms with Crippen LogP contribution in [0, 0.1) is 0 Å². The van der Waals surface area contributed by atoms with Gasteiger partial charge in [-0.15, -0.1) is 0 Å².